The van der Waals surface area contributed by atoms with Crippen molar-refractivity contribution < 1.29 is 0 Å². The van der Waals surface area contributed by atoms with Crippen LogP contribution in [0.3, 0.4) is 0 Å². The summed E-state index contributed by atoms with van der Waals surface area (Å²) in [6.07, 6.45) is 3.99. The van der Waals surface area contributed by atoms with Crippen LogP contribution >= 0.6 is 0 Å². The number of hydrogen-bond acceptors (Lipinski definition) is 3. The molecule has 0 aromatic heterocycles. The largest absolute Gasteiger partial charge is 0.370 e. The van der Waals surface area contributed by atoms with Gasteiger partial charge in [-0.1, -0.05) is 18.2 Å². The number of rotatable bonds is 4. The van der Waals surface area contributed by atoms with Crippen LogP contribution in [0.4, 0.5) is 5.69 Å². The van der Waals surface area contributed by atoms with Crippen LogP contribution in [0.25, 0.3) is 0 Å². The lowest BCUT2D eigenvalue weighted by Crippen LogP contribution is -2.39. The molecule has 2 heterocycles. The molecule has 0 saturated carbocycles. The van der Waals surface area contributed by atoms with E-state index in [1.807, 2.05) is 0 Å². The highest BCUT2D eigenvalue weighted by molar-refractivity contribution is 5.57. The van der Waals surface area contributed by atoms with Crippen molar-refractivity contribution >= 4 is 5.69 Å². The fraction of sp³-hybridized carbons (Fsp3) is 0.625. The molecular formula is C16H25N3. The SMILES string of the molecule is CNC1CCN(CCN2CCCC2)c2ccccc21. The third-order valence-electron chi connectivity index (χ3n) is 4.57. The summed E-state index contributed by atoms with van der Waals surface area (Å²) >= 11 is 0. The molecule has 104 valence electrons. The van der Waals surface area contributed by atoms with Crippen LogP contribution in [0.1, 0.15) is 30.9 Å². The molecule has 0 spiro atoms. The van der Waals surface area contributed by atoms with E-state index in [2.05, 4.69) is 46.4 Å². The zero-order chi connectivity index (χ0) is 13.1. The van der Waals surface area contributed by atoms with Gasteiger partial charge >= 0.3 is 0 Å². The van der Waals surface area contributed by atoms with Crippen LogP contribution in [0.2, 0.25) is 0 Å². The summed E-state index contributed by atoms with van der Waals surface area (Å²) in [4.78, 5) is 5.17. The molecule has 0 radical (unpaired) electrons. The molecule has 3 rings (SSSR count). The van der Waals surface area contributed by atoms with E-state index < -0.39 is 0 Å². The fourth-order valence-corrected chi connectivity index (χ4v) is 3.43. The van der Waals surface area contributed by atoms with E-state index in [4.69, 9.17) is 0 Å². The number of nitrogens with zero attached hydrogens (tertiary/aromatic N) is 2. The number of para-hydroxylation sites is 1. The van der Waals surface area contributed by atoms with Crippen LogP contribution < -0.4 is 10.2 Å². The average molecular weight is 259 g/mol. The van der Waals surface area contributed by atoms with Crippen LogP contribution in [-0.2, 0) is 0 Å². The maximum Gasteiger partial charge on any atom is 0.0415 e. The Hall–Kier alpha value is -1.06. The molecule has 1 aromatic rings. The van der Waals surface area contributed by atoms with Crippen molar-refractivity contribution in [3.8, 4) is 0 Å². The molecule has 1 saturated heterocycles. The van der Waals surface area contributed by atoms with E-state index in [0.717, 1.165) is 0 Å². The van der Waals surface area contributed by atoms with Crippen LogP contribution in [0.5, 0.6) is 0 Å². The zero-order valence-electron chi connectivity index (χ0n) is 11.9. The Kier molecular flexibility index (Phi) is 4.04. The lowest BCUT2D eigenvalue weighted by atomic mass is 9.96. The molecule has 2 aliphatic heterocycles. The maximum absolute atomic E-state index is 3.44. The van der Waals surface area contributed by atoms with Crippen molar-refractivity contribution in [1.29, 1.82) is 0 Å². The highest BCUT2D eigenvalue weighted by Gasteiger charge is 2.23. The van der Waals surface area contributed by atoms with Crippen molar-refractivity contribution in [3.63, 3.8) is 0 Å². The van der Waals surface area contributed by atoms with E-state index in [1.54, 1.807) is 0 Å². The molecule has 0 bridgehead atoms. The first-order chi connectivity index (χ1) is 9.38. The third kappa shape index (κ3) is 2.77. The Morgan fingerprint density at radius 2 is 1.89 bits per heavy atom. The van der Waals surface area contributed by atoms with Gasteiger partial charge in [-0.2, -0.15) is 0 Å². The number of fused-ring (bicyclic) bond motifs is 1. The van der Waals surface area contributed by atoms with Gasteiger partial charge in [0.15, 0.2) is 0 Å². The average Bonchev–Trinajstić information content (AvgIpc) is 2.98. The quantitative estimate of drug-likeness (QED) is 0.895. The predicted molar refractivity (Wildman–Crippen MR) is 80.7 cm³/mol. The minimum absolute atomic E-state index is 0.527. The summed E-state index contributed by atoms with van der Waals surface area (Å²) in [5, 5.41) is 3.44. The molecule has 3 heteroatoms. The number of likely N-dealkylation sites (tertiary alicyclic amines) is 1. The summed E-state index contributed by atoms with van der Waals surface area (Å²) in [6, 6.07) is 9.41. The maximum atomic E-state index is 3.44. The van der Waals surface area contributed by atoms with E-state index in [0.29, 0.717) is 6.04 Å². The van der Waals surface area contributed by atoms with Crippen molar-refractivity contribution in [1.82, 2.24) is 10.2 Å². The van der Waals surface area contributed by atoms with E-state index in [1.165, 1.54) is 63.2 Å². The standard InChI is InChI=1S/C16H25N3/c1-17-15-8-11-19(13-12-18-9-4-5-10-18)16-7-3-2-6-14(15)16/h2-3,6-7,15,17H,4-5,8-13H2,1H3. The lowest BCUT2D eigenvalue weighted by Gasteiger charge is -2.36. The molecule has 19 heavy (non-hydrogen) atoms. The van der Waals surface area contributed by atoms with Gasteiger partial charge in [-0.25, -0.2) is 0 Å². The molecule has 0 aliphatic carbocycles. The summed E-state index contributed by atoms with van der Waals surface area (Å²) in [5.41, 5.74) is 2.91. The lowest BCUT2D eigenvalue weighted by molar-refractivity contribution is 0.342. The first kappa shape index (κ1) is 12.9. The molecule has 1 atom stereocenters. The summed E-state index contributed by atoms with van der Waals surface area (Å²) in [5.74, 6) is 0. The number of hydrogen-bond donors (Lipinski definition) is 1. The van der Waals surface area contributed by atoms with Crippen LogP contribution in [0.15, 0.2) is 24.3 Å². The van der Waals surface area contributed by atoms with Gasteiger partial charge in [0.05, 0.1) is 0 Å². The second-order valence-electron chi connectivity index (χ2n) is 5.72. The Bertz CT molecular complexity index is 412. The Morgan fingerprint density at radius 1 is 1.11 bits per heavy atom. The van der Waals surface area contributed by atoms with E-state index in [9.17, 15) is 0 Å². The topological polar surface area (TPSA) is 18.5 Å². The Labute approximate surface area is 116 Å². The number of nitrogens with one attached hydrogen (secondary N) is 1. The third-order valence-corrected chi connectivity index (χ3v) is 4.57. The molecule has 0 amide bonds. The summed E-state index contributed by atoms with van der Waals surface area (Å²) < 4.78 is 0. The first-order valence-corrected chi connectivity index (χ1v) is 7.62. The van der Waals surface area contributed by atoms with Gasteiger partial charge in [-0.15, -0.1) is 0 Å². The van der Waals surface area contributed by atoms with Gasteiger partial charge in [0, 0.05) is 31.4 Å². The first-order valence-electron chi connectivity index (χ1n) is 7.62. The second-order valence-corrected chi connectivity index (χ2v) is 5.72. The normalized spacial score (nSPS) is 23.6. The Morgan fingerprint density at radius 3 is 2.68 bits per heavy atom. The second kappa shape index (κ2) is 5.93. The monoisotopic (exact) mass is 259 g/mol. The van der Waals surface area contributed by atoms with E-state index in [-0.39, 0.29) is 0 Å². The van der Waals surface area contributed by atoms with Crippen molar-refractivity contribution in [2.45, 2.75) is 25.3 Å². The van der Waals surface area contributed by atoms with Crippen molar-refractivity contribution in [2.24, 2.45) is 0 Å². The molecule has 1 unspecified atom stereocenters. The molecule has 3 nitrogen and oxygen atoms in total. The van der Waals surface area contributed by atoms with Crippen LogP contribution in [0, 0.1) is 0 Å². The minimum Gasteiger partial charge on any atom is -0.370 e. The number of benzene rings is 1. The van der Waals surface area contributed by atoms with Gasteiger partial charge in [0.25, 0.3) is 0 Å². The zero-order valence-corrected chi connectivity index (χ0v) is 11.9. The highest BCUT2D eigenvalue weighted by Crippen LogP contribution is 2.33. The van der Waals surface area contributed by atoms with Crippen LogP contribution in [-0.4, -0.2) is 44.7 Å². The fourth-order valence-electron chi connectivity index (χ4n) is 3.43. The summed E-state index contributed by atoms with van der Waals surface area (Å²) in [7, 11) is 2.07. The minimum atomic E-state index is 0.527. The molecule has 2 aliphatic rings. The van der Waals surface area contributed by atoms with E-state index >= 15 is 0 Å². The Balaban J connectivity index is 1.69. The van der Waals surface area contributed by atoms with Crippen molar-refractivity contribution in [2.75, 3.05) is 44.7 Å². The van der Waals surface area contributed by atoms with Gasteiger partial charge in [-0.05, 0) is 51.0 Å². The molecule has 1 fully saturated rings. The number of anilines is 1. The summed E-state index contributed by atoms with van der Waals surface area (Å²) in [6.45, 7) is 6.17. The van der Waals surface area contributed by atoms with Gasteiger partial charge < -0.3 is 15.1 Å². The smallest absolute Gasteiger partial charge is 0.0415 e. The molecule has 1 aromatic carbocycles. The van der Waals surface area contributed by atoms with Crippen molar-refractivity contribution in [3.05, 3.63) is 29.8 Å². The van der Waals surface area contributed by atoms with Gasteiger partial charge in [0.2, 0.25) is 0 Å². The molecule has 1 N–H and O–H groups in total. The van der Waals surface area contributed by atoms with Gasteiger partial charge in [-0.3, -0.25) is 0 Å². The molecular weight excluding hydrogens is 234 g/mol. The highest BCUT2D eigenvalue weighted by atomic mass is 15.2. The van der Waals surface area contributed by atoms with Gasteiger partial charge in [0.1, 0.15) is 0 Å². The predicted octanol–water partition coefficient (Wildman–Crippen LogP) is 2.25.